The van der Waals surface area contributed by atoms with Crippen LogP contribution in [0.4, 0.5) is 0 Å². The lowest BCUT2D eigenvalue weighted by Gasteiger charge is -2.16. The molecular weight excluding hydrogens is 346 g/mol. The third kappa shape index (κ3) is 3.30. The molecule has 0 aliphatic carbocycles. The zero-order chi connectivity index (χ0) is 19.5. The minimum Gasteiger partial charge on any atom is -0.268 e. The van der Waals surface area contributed by atoms with Crippen molar-refractivity contribution in [2.24, 2.45) is 0 Å². The van der Waals surface area contributed by atoms with Crippen molar-refractivity contribution in [3.8, 4) is 17.5 Å². The lowest BCUT2D eigenvalue weighted by molar-refractivity contribution is 0.723. The van der Waals surface area contributed by atoms with E-state index in [9.17, 15) is 4.79 Å². The predicted molar refractivity (Wildman–Crippen MR) is 112 cm³/mol. The van der Waals surface area contributed by atoms with Gasteiger partial charge in [0.1, 0.15) is 5.82 Å². The van der Waals surface area contributed by atoms with Gasteiger partial charge in [0.25, 0.3) is 5.56 Å². The summed E-state index contributed by atoms with van der Waals surface area (Å²) < 4.78 is 1.70. The van der Waals surface area contributed by atoms with E-state index in [0.717, 1.165) is 17.1 Å². The maximum Gasteiger partial charge on any atom is 0.267 e. The van der Waals surface area contributed by atoms with Crippen molar-refractivity contribution >= 4 is 10.9 Å². The van der Waals surface area contributed by atoms with Gasteiger partial charge in [-0.25, -0.2) is 4.98 Å². The predicted octanol–water partition coefficient (Wildman–Crippen LogP) is 4.30. The molecule has 4 nitrogen and oxygen atoms in total. The lowest BCUT2D eigenvalue weighted by atomic mass is 10.1. The van der Waals surface area contributed by atoms with Crippen LogP contribution >= 0.6 is 0 Å². The second-order valence-electron chi connectivity index (χ2n) is 6.79. The van der Waals surface area contributed by atoms with Gasteiger partial charge in [-0.2, -0.15) is 0 Å². The highest BCUT2D eigenvalue weighted by Crippen LogP contribution is 2.20. The molecule has 0 bridgehead atoms. The number of hydrogen-bond acceptors (Lipinski definition) is 3. The zero-order valence-corrected chi connectivity index (χ0v) is 15.8. The Bertz CT molecular complexity index is 1250. The molecule has 0 atom stereocenters. The molecule has 0 N–H and O–H groups in total. The number of pyridine rings is 1. The van der Waals surface area contributed by atoms with E-state index in [1.54, 1.807) is 17.0 Å². The van der Waals surface area contributed by atoms with Gasteiger partial charge in [-0.3, -0.25) is 14.3 Å². The van der Waals surface area contributed by atoms with E-state index < -0.39 is 0 Å². The van der Waals surface area contributed by atoms with Crippen molar-refractivity contribution in [2.45, 2.75) is 19.8 Å². The smallest absolute Gasteiger partial charge is 0.267 e. The molecule has 0 fully saturated rings. The van der Waals surface area contributed by atoms with E-state index in [-0.39, 0.29) is 11.5 Å². The summed E-state index contributed by atoms with van der Waals surface area (Å²) in [6.07, 6.45) is 3.40. The Labute approximate surface area is 163 Å². The van der Waals surface area contributed by atoms with E-state index in [2.05, 4.69) is 16.8 Å². The number of aromatic nitrogens is 3. The Morgan fingerprint density at radius 1 is 0.893 bits per heavy atom. The number of nitrogens with zero attached hydrogens (tertiary/aromatic N) is 3. The third-order valence-electron chi connectivity index (χ3n) is 4.48. The minimum absolute atomic E-state index is 0.0977. The second-order valence-corrected chi connectivity index (χ2v) is 6.79. The summed E-state index contributed by atoms with van der Waals surface area (Å²) in [6.45, 7) is 4.08. The van der Waals surface area contributed by atoms with Crippen LogP contribution in [0.3, 0.4) is 0 Å². The largest absolute Gasteiger partial charge is 0.268 e. The number of para-hydroxylation sites is 1. The van der Waals surface area contributed by atoms with Crippen LogP contribution in [0.1, 0.15) is 36.7 Å². The summed E-state index contributed by atoms with van der Waals surface area (Å²) in [5, 5.41) is 0.539. The average molecular weight is 365 g/mol. The van der Waals surface area contributed by atoms with Crippen LogP contribution in [-0.2, 0) is 0 Å². The number of benzene rings is 2. The molecule has 2 aromatic heterocycles. The van der Waals surface area contributed by atoms with Gasteiger partial charge in [0, 0.05) is 29.4 Å². The summed E-state index contributed by atoms with van der Waals surface area (Å²) in [5.74, 6) is 7.09. The van der Waals surface area contributed by atoms with Crippen molar-refractivity contribution in [3.63, 3.8) is 0 Å². The Hall–Kier alpha value is -3.71. The molecule has 0 unspecified atom stereocenters. The highest BCUT2D eigenvalue weighted by Gasteiger charge is 2.16. The molecular formula is C24H19N3O. The molecule has 4 heteroatoms. The van der Waals surface area contributed by atoms with Crippen molar-refractivity contribution in [1.29, 1.82) is 0 Å². The van der Waals surface area contributed by atoms with E-state index in [1.165, 1.54) is 0 Å². The van der Waals surface area contributed by atoms with E-state index >= 15 is 0 Å². The van der Waals surface area contributed by atoms with Gasteiger partial charge >= 0.3 is 0 Å². The van der Waals surface area contributed by atoms with Crippen molar-refractivity contribution in [2.75, 3.05) is 0 Å². The second kappa shape index (κ2) is 7.50. The third-order valence-corrected chi connectivity index (χ3v) is 4.48. The van der Waals surface area contributed by atoms with E-state index in [0.29, 0.717) is 16.5 Å². The Morgan fingerprint density at radius 3 is 2.36 bits per heavy atom. The van der Waals surface area contributed by atoms with Gasteiger partial charge in [0.2, 0.25) is 0 Å². The fourth-order valence-electron chi connectivity index (χ4n) is 3.14. The first-order chi connectivity index (χ1) is 13.6. The van der Waals surface area contributed by atoms with E-state index in [1.807, 2.05) is 74.5 Å². The highest BCUT2D eigenvalue weighted by molar-refractivity contribution is 5.85. The molecule has 0 saturated heterocycles. The highest BCUT2D eigenvalue weighted by atomic mass is 16.1. The maximum atomic E-state index is 13.5. The van der Waals surface area contributed by atoms with Gasteiger partial charge in [-0.05, 0) is 36.4 Å². The van der Waals surface area contributed by atoms with Crippen LogP contribution in [0.15, 0.2) is 77.9 Å². The summed E-state index contributed by atoms with van der Waals surface area (Å²) in [7, 11) is 0. The molecule has 4 aromatic rings. The number of fused-ring (bicyclic) bond motifs is 1. The first-order valence-corrected chi connectivity index (χ1v) is 9.18. The molecule has 0 spiro atoms. The molecule has 2 aromatic carbocycles. The fourth-order valence-corrected chi connectivity index (χ4v) is 3.14. The van der Waals surface area contributed by atoms with Gasteiger partial charge in [0.15, 0.2) is 0 Å². The Morgan fingerprint density at radius 2 is 1.64 bits per heavy atom. The molecule has 4 rings (SSSR count). The van der Waals surface area contributed by atoms with Crippen LogP contribution in [0, 0.1) is 11.8 Å². The SMILES string of the molecule is CC(C)c1nc2cccc(C#Cc3ccncc3)c2c(=O)n1-c1ccccc1. The van der Waals surface area contributed by atoms with Crippen LogP contribution in [0.2, 0.25) is 0 Å². The van der Waals surface area contributed by atoms with E-state index in [4.69, 9.17) is 4.98 Å². The molecule has 2 heterocycles. The number of rotatable bonds is 2. The molecule has 0 radical (unpaired) electrons. The molecule has 0 amide bonds. The quantitative estimate of drug-likeness (QED) is 0.498. The monoisotopic (exact) mass is 365 g/mol. The first-order valence-electron chi connectivity index (χ1n) is 9.18. The first kappa shape index (κ1) is 17.7. The standard InChI is InChI=1S/C24H19N3O/c1-17(2)23-26-21-10-6-7-19(12-11-18-13-15-25-16-14-18)22(21)24(28)27(23)20-8-4-3-5-9-20/h3-10,13-17H,1-2H3. The molecule has 136 valence electrons. The molecule has 0 aliphatic heterocycles. The number of hydrogen-bond donors (Lipinski definition) is 0. The van der Waals surface area contributed by atoms with Crippen molar-refractivity contribution < 1.29 is 0 Å². The molecule has 0 aliphatic rings. The summed E-state index contributed by atoms with van der Waals surface area (Å²) in [6, 6.07) is 18.9. The molecule has 0 saturated carbocycles. The van der Waals surface area contributed by atoms with Crippen molar-refractivity contribution in [1.82, 2.24) is 14.5 Å². The van der Waals surface area contributed by atoms with Gasteiger partial charge in [-0.15, -0.1) is 0 Å². The Kier molecular flexibility index (Phi) is 4.74. The van der Waals surface area contributed by atoms with Gasteiger partial charge in [0.05, 0.1) is 16.6 Å². The normalized spacial score (nSPS) is 10.7. The van der Waals surface area contributed by atoms with Gasteiger partial charge in [-0.1, -0.05) is 50.0 Å². The Balaban J connectivity index is 2.00. The maximum absolute atomic E-state index is 13.5. The molecule has 28 heavy (non-hydrogen) atoms. The minimum atomic E-state index is -0.0977. The van der Waals surface area contributed by atoms with Gasteiger partial charge < -0.3 is 0 Å². The van der Waals surface area contributed by atoms with Crippen molar-refractivity contribution in [3.05, 3.63) is 100 Å². The summed E-state index contributed by atoms with van der Waals surface area (Å²) in [4.78, 5) is 22.3. The fraction of sp³-hybridized carbons (Fsp3) is 0.125. The van der Waals surface area contributed by atoms with Crippen LogP contribution in [0.25, 0.3) is 16.6 Å². The average Bonchev–Trinajstić information content (AvgIpc) is 2.73. The topological polar surface area (TPSA) is 47.8 Å². The summed E-state index contributed by atoms with van der Waals surface area (Å²) >= 11 is 0. The summed E-state index contributed by atoms with van der Waals surface area (Å²) in [5.41, 5.74) is 2.90. The zero-order valence-electron chi connectivity index (χ0n) is 15.8. The lowest BCUT2D eigenvalue weighted by Crippen LogP contribution is -2.25. The van der Waals surface area contributed by atoms with Crippen LogP contribution in [0.5, 0.6) is 0 Å². The van der Waals surface area contributed by atoms with Crippen LogP contribution in [-0.4, -0.2) is 14.5 Å². The van der Waals surface area contributed by atoms with Crippen LogP contribution < -0.4 is 5.56 Å².